The zero-order valence-electron chi connectivity index (χ0n) is 10.4. The molecule has 1 amide bonds. The molecule has 0 bridgehead atoms. The third kappa shape index (κ3) is 2.20. The molecule has 0 unspecified atom stereocenters. The van der Waals surface area contributed by atoms with Crippen LogP contribution in [0.2, 0.25) is 0 Å². The molecule has 2 aromatic heterocycles. The van der Waals surface area contributed by atoms with Crippen molar-refractivity contribution in [3.63, 3.8) is 0 Å². The summed E-state index contributed by atoms with van der Waals surface area (Å²) in [5.74, 6) is -0.00995. The molecule has 0 atom stereocenters. The van der Waals surface area contributed by atoms with Gasteiger partial charge in [-0.2, -0.15) is 0 Å². The number of carbonyl (C=O) groups is 1. The smallest absolute Gasteiger partial charge is 0.291 e. The second-order valence-electron chi connectivity index (χ2n) is 4.27. The van der Waals surface area contributed by atoms with Gasteiger partial charge in [-0.25, -0.2) is 0 Å². The number of furan rings is 1. The number of aromatic nitrogens is 1. The van der Waals surface area contributed by atoms with Gasteiger partial charge in [0.15, 0.2) is 11.3 Å². The molecule has 0 aliphatic carbocycles. The highest BCUT2D eigenvalue weighted by atomic mass is 16.3. The zero-order valence-corrected chi connectivity index (χ0v) is 10.4. The molecule has 4 heteroatoms. The largest absolute Gasteiger partial charge is 0.449 e. The van der Waals surface area contributed by atoms with Crippen molar-refractivity contribution in [1.29, 1.82) is 0 Å². The molecule has 3 aromatic rings. The number of hydrogen-bond donors (Lipinski definition) is 1. The second kappa shape index (κ2) is 4.57. The predicted molar refractivity (Wildman–Crippen MR) is 73.1 cm³/mol. The summed E-state index contributed by atoms with van der Waals surface area (Å²) in [6.07, 6.45) is 1.67. The highest BCUT2D eigenvalue weighted by Gasteiger charge is 2.13. The molecule has 1 N–H and O–H groups in total. The van der Waals surface area contributed by atoms with Crippen molar-refractivity contribution in [1.82, 2.24) is 4.98 Å². The molecule has 0 aliphatic rings. The monoisotopic (exact) mass is 252 g/mol. The number of carbonyl (C=O) groups excluding carboxylic acids is 1. The molecule has 0 spiro atoms. The maximum absolute atomic E-state index is 12.1. The first-order chi connectivity index (χ1) is 9.24. The number of rotatable bonds is 2. The van der Waals surface area contributed by atoms with E-state index >= 15 is 0 Å². The van der Waals surface area contributed by atoms with Gasteiger partial charge in [-0.1, -0.05) is 18.2 Å². The summed E-state index contributed by atoms with van der Waals surface area (Å²) in [7, 11) is 0. The van der Waals surface area contributed by atoms with Gasteiger partial charge in [-0.3, -0.25) is 9.78 Å². The first-order valence-electron chi connectivity index (χ1n) is 5.95. The van der Waals surface area contributed by atoms with Crippen LogP contribution in [0.15, 0.2) is 53.1 Å². The van der Waals surface area contributed by atoms with Gasteiger partial charge >= 0.3 is 0 Å². The van der Waals surface area contributed by atoms with Crippen molar-refractivity contribution in [2.75, 3.05) is 5.32 Å². The fourth-order valence-electron chi connectivity index (χ4n) is 1.88. The summed E-state index contributed by atoms with van der Waals surface area (Å²) >= 11 is 0. The van der Waals surface area contributed by atoms with Crippen LogP contribution in [0.3, 0.4) is 0 Å². The van der Waals surface area contributed by atoms with Crippen LogP contribution in [0.1, 0.15) is 16.1 Å². The van der Waals surface area contributed by atoms with Gasteiger partial charge in [0.05, 0.1) is 0 Å². The van der Waals surface area contributed by atoms with Gasteiger partial charge in [-0.05, 0) is 30.7 Å². The number of nitrogens with one attached hydrogen (secondary N) is 1. The summed E-state index contributed by atoms with van der Waals surface area (Å²) in [5, 5.41) is 2.83. The van der Waals surface area contributed by atoms with E-state index in [0.29, 0.717) is 11.1 Å². The summed E-state index contributed by atoms with van der Waals surface area (Å²) in [6.45, 7) is 1.94. The first kappa shape index (κ1) is 11.5. The van der Waals surface area contributed by atoms with Gasteiger partial charge in [0.25, 0.3) is 5.91 Å². The Bertz CT molecular complexity index is 713. The van der Waals surface area contributed by atoms with Crippen LogP contribution in [0.25, 0.3) is 11.1 Å². The molecule has 0 aliphatic heterocycles. The van der Waals surface area contributed by atoms with E-state index in [4.69, 9.17) is 4.42 Å². The normalized spacial score (nSPS) is 10.6. The number of fused-ring (bicyclic) bond motifs is 1. The molecule has 19 heavy (non-hydrogen) atoms. The number of aryl methyl sites for hydroxylation is 1. The van der Waals surface area contributed by atoms with Gasteiger partial charge in [-0.15, -0.1) is 0 Å². The number of para-hydroxylation sites is 1. The van der Waals surface area contributed by atoms with Crippen molar-refractivity contribution < 1.29 is 9.21 Å². The summed E-state index contributed by atoms with van der Waals surface area (Å²) < 4.78 is 5.47. The van der Waals surface area contributed by atoms with Crippen molar-refractivity contribution >= 4 is 22.7 Å². The van der Waals surface area contributed by atoms with Crippen LogP contribution in [-0.4, -0.2) is 10.9 Å². The number of hydrogen-bond acceptors (Lipinski definition) is 3. The molecule has 0 saturated carbocycles. The molecule has 94 valence electrons. The minimum Gasteiger partial charge on any atom is -0.449 e. The number of benzene rings is 1. The molecule has 3 rings (SSSR count). The minimum atomic E-state index is -0.271. The average molecular weight is 252 g/mol. The molecule has 2 heterocycles. The molecular formula is C15H12N2O2. The van der Waals surface area contributed by atoms with Gasteiger partial charge in [0, 0.05) is 18.0 Å². The zero-order chi connectivity index (χ0) is 13.2. The van der Waals surface area contributed by atoms with Gasteiger partial charge < -0.3 is 9.73 Å². The van der Waals surface area contributed by atoms with Crippen LogP contribution in [0.5, 0.6) is 0 Å². The fourth-order valence-corrected chi connectivity index (χ4v) is 1.88. The molecule has 0 radical (unpaired) electrons. The van der Waals surface area contributed by atoms with E-state index in [1.807, 2.05) is 31.2 Å². The number of pyridine rings is 1. The Kier molecular flexibility index (Phi) is 2.76. The maximum atomic E-state index is 12.1. The maximum Gasteiger partial charge on any atom is 0.291 e. The van der Waals surface area contributed by atoms with Crippen LogP contribution in [0.4, 0.5) is 5.69 Å². The Hall–Kier alpha value is -2.62. The average Bonchev–Trinajstić information content (AvgIpc) is 2.85. The minimum absolute atomic E-state index is 0.261. The van der Waals surface area contributed by atoms with Crippen LogP contribution >= 0.6 is 0 Å². The van der Waals surface area contributed by atoms with Crippen LogP contribution in [0, 0.1) is 6.92 Å². The highest BCUT2D eigenvalue weighted by molar-refractivity contribution is 6.04. The Morgan fingerprint density at radius 3 is 2.84 bits per heavy atom. The van der Waals surface area contributed by atoms with E-state index in [1.54, 1.807) is 24.4 Å². The Morgan fingerprint density at radius 2 is 2.05 bits per heavy atom. The van der Waals surface area contributed by atoms with Crippen molar-refractivity contribution in [3.8, 4) is 0 Å². The quantitative estimate of drug-likeness (QED) is 0.760. The van der Waals surface area contributed by atoms with Crippen molar-refractivity contribution in [2.45, 2.75) is 6.92 Å². The van der Waals surface area contributed by atoms with Crippen LogP contribution in [-0.2, 0) is 0 Å². The lowest BCUT2D eigenvalue weighted by molar-refractivity contribution is 0.0998. The Labute approximate surface area is 110 Å². The third-order valence-electron chi connectivity index (χ3n) is 2.90. The van der Waals surface area contributed by atoms with Gasteiger partial charge in [0.2, 0.25) is 0 Å². The lowest BCUT2D eigenvalue weighted by atomic mass is 10.2. The van der Waals surface area contributed by atoms with E-state index in [2.05, 4.69) is 10.3 Å². The third-order valence-corrected chi connectivity index (χ3v) is 2.90. The topological polar surface area (TPSA) is 55.1 Å². The summed E-state index contributed by atoms with van der Waals surface area (Å²) in [6, 6.07) is 12.8. The Morgan fingerprint density at radius 1 is 1.21 bits per heavy atom. The second-order valence-corrected chi connectivity index (χ2v) is 4.27. The summed E-state index contributed by atoms with van der Waals surface area (Å²) in [5.41, 5.74) is 3.07. The standard InChI is InChI=1S/C15H12N2O2/c1-10-5-2-3-6-11(10)17-15(18)14-9-12-13(19-14)7-4-8-16-12/h2-9H,1H3,(H,17,18). The highest BCUT2D eigenvalue weighted by Crippen LogP contribution is 2.19. The molecule has 4 nitrogen and oxygen atoms in total. The Balaban J connectivity index is 1.90. The van der Waals surface area contributed by atoms with Crippen molar-refractivity contribution in [2.24, 2.45) is 0 Å². The van der Waals surface area contributed by atoms with E-state index in [1.165, 1.54) is 0 Å². The number of amides is 1. The van der Waals surface area contributed by atoms with E-state index in [9.17, 15) is 4.79 Å². The lowest BCUT2D eigenvalue weighted by Gasteiger charge is -2.05. The van der Waals surface area contributed by atoms with E-state index in [0.717, 1.165) is 11.3 Å². The first-order valence-corrected chi connectivity index (χ1v) is 5.95. The lowest BCUT2D eigenvalue weighted by Crippen LogP contribution is -2.11. The molecule has 0 fully saturated rings. The number of anilines is 1. The fraction of sp³-hybridized carbons (Fsp3) is 0.0667. The summed E-state index contributed by atoms with van der Waals surface area (Å²) in [4.78, 5) is 16.2. The van der Waals surface area contributed by atoms with Gasteiger partial charge in [0.1, 0.15) is 5.52 Å². The predicted octanol–water partition coefficient (Wildman–Crippen LogP) is 3.39. The molecule has 0 saturated heterocycles. The molecule has 1 aromatic carbocycles. The number of nitrogens with zero attached hydrogens (tertiary/aromatic N) is 1. The SMILES string of the molecule is Cc1ccccc1NC(=O)c1cc2ncccc2o1. The van der Waals surface area contributed by atoms with Crippen molar-refractivity contribution in [3.05, 3.63) is 60.0 Å². The van der Waals surface area contributed by atoms with E-state index in [-0.39, 0.29) is 11.7 Å². The van der Waals surface area contributed by atoms with Crippen LogP contribution < -0.4 is 5.32 Å². The van der Waals surface area contributed by atoms with E-state index < -0.39 is 0 Å². The molecular weight excluding hydrogens is 240 g/mol.